The molecular formula is C30H41BO4. The fraction of sp³-hybridized carbons (Fsp3) is 0.567. The molecule has 1 aliphatic carbocycles. The van der Waals surface area contributed by atoms with Crippen molar-refractivity contribution < 1.29 is 18.8 Å². The van der Waals surface area contributed by atoms with Crippen LogP contribution in [0.2, 0.25) is 0 Å². The van der Waals surface area contributed by atoms with Gasteiger partial charge in [0.05, 0.1) is 17.6 Å². The van der Waals surface area contributed by atoms with E-state index in [0.717, 1.165) is 17.4 Å². The molecule has 188 valence electrons. The Morgan fingerprint density at radius 2 is 1.43 bits per heavy atom. The second-order valence-electron chi connectivity index (χ2n) is 13.5. The van der Waals surface area contributed by atoms with Gasteiger partial charge in [-0.1, -0.05) is 63.2 Å². The van der Waals surface area contributed by atoms with E-state index in [1.54, 1.807) is 0 Å². The standard InChI is InChI=1S/C30H41BO4/c1-26(2,3)19-30(18-25(32)33-27(4,5)6)23-14-12-11-13-21(23)22-16-15-20(17-24(22)30)31-34-28(7,8)29(9,10)35-31/h11-17H,18-19H2,1-10H3. The Hall–Kier alpha value is -2.11. The number of hydrogen-bond donors (Lipinski definition) is 0. The maximum Gasteiger partial charge on any atom is 0.494 e. The average Bonchev–Trinajstić information content (AvgIpc) is 3.06. The predicted octanol–water partition coefficient (Wildman–Crippen LogP) is 6.42. The van der Waals surface area contributed by atoms with Crippen LogP contribution in [0.15, 0.2) is 42.5 Å². The van der Waals surface area contributed by atoms with Gasteiger partial charge in [0, 0.05) is 5.41 Å². The third-order valence-electron chi connectivity index (χ3n) is 7.52. The normalized spacial score (nSPS) is 22.6. The first kappa shape index (κ1) is 26.0. The summed E-state index contributed by atoms with van der Waals surface area (Å²) in [4.78, 5) is 13.4. The number of hydrogen-bond acceptors (Lipinski definition) is 4. The van der Waals surface area contributed by atoms with Crippen LogP contribution >= 0.6 is 0 Å². The minimum Gasteiger partial charge on any atom is -0.460 e. The smallest absolute Gasteiger partial charge is 0.460 e. The van der Waals surface area contributed by atoms with Crippen LogP contribution in [0.3, 0.4) is 0 Å². The summed E-state index contributed by atoms with van der Waals surface area (Å²) < 4.78 is 18.6. The molecule has 1 unspecified atom stereocenters. The van der Waals surface area contributed by atoms with Crippen LogP contribution in [0.4, 0.5) is 0 Å². The van der Waals surface area contributed by atoms with Crippen LogP contribution in [-0.4, -0.2) is 29.9 Å². The van der Waals surface area contributed by atoms with Crippen molar-refractivity contribution in [3.63, 3.8) is 0 Å². The average molecular weight is 476 g/mol. The van der Waals surface area contributed by atoms with Gasteiger partial charge in [-0.05, 0) is 88.0 Å². The van der Waals surface area contributed by atoms with E-state index in [-0.39, 0.29) is 11.4 Å². The molecule has 5 heteroatoms. The van der Waals surface area contributed by atoms with Crippen LogP contribution in [0.25, 0.3) is 11.1 Å². The van der Waals surface area contributed by atoms with Gasteiger partial charge in [0.1, 0.15) is 5.60 Å². The summed E-state index contributed by atoms with van der Waals surface area (Å²) in [6.45, 7) is 20.8. The molecular weight excluding hydrogens is 435 g/mol. The van der Waals surface area contributed by atoms with E-state index >= 15 is 0 Å². The van der Waals surface area contributed by atoms with Gasteiger partial charge in [0.15, 0.2) is 0 Å². The van der Waals surface area contributed by atoms with Gasteiger partial charge in [0.2, 0.25) is 0 Å². The summed E-state index contributed by atoms with van der Waals surface area (Å²) in [6.07, 6.45) is 1.11. The molecule has 0 bridgehead atoms. The predicted molar refractivity (Wildman–Crippen MR) is 143 cm³/mol. The zero-order chi connectivity index (χ0) is 26.0. The summed E-state index contributed by atoms with van der Waals surface area (Å²) >= 11 is 0. The van der Waals surface area contributed by atoms with Crippen molar-refractivity contribution in [3.05, 3.63) is 53.6 Å². The quantitative estimate of drug-likeness (QED) is 0.377. The first-order valence-electron chi connectivity index (χ1n) is 12.8. The monoisotopic (exact) mass is 476 g/mol. The summed E-state index contributed by atoms with van der Waals surface area (Å²) in [7, 11) is -0.456. The van der Waals surface area contributed by atoms with E-state index in [1.807, 2.05) is 20.8 Å². The second-order valence-corrected chi connectivity index (χ2v) is 13.5. The molecule has 0 amide bonds. The van der Waals surface area contributed by atoms with Crippen LogP contribution in [0, 0.1) is 5.41 Å². The molecule has 1 fully saturated rings. The van der Waals surface area contributed by atoms with E-state index < -0.39 is 29.3 Å². The van der Waals surface area contributed by atoms with Crippen molar-refractivity contribution in [1.29, 1.82) is 0 Å². The highest BCUT2D eigenvalue weighted by atomic mass is 16.7. The Balaban J connectivity index is 1.87. The van der Waals surface area contributed by atoms with E-state index in [2.05, 4.69) is 90.9 Å². The molecule has 2 aromatic rings. The van der Waals surface area contributed by atoms with Crippen LogP contribution < -0.4 is 5.46 Å². The van der Waals surface area contributed by atoms with Crippen LogP contribution in [0.5, 0.6) is 0 Å². The van der Waals surface area contributed by atoms with Gasteiger partial charge in [-0.25, -0.2) is 0 Å². The molecule has 0 radical (unpaired) electrons. The maximum atomic E-state index is 13.4. The molecule has 2 aromatic carbocycles. The fourth-order valence-electron chi connectivity index (χ4n) is 5.57. The highest BCUT2D eigenvalue weighted by Gasteiger charge is 2.53. The molecule has 1 saturated heterocycles. The lowest BCUT2D eigenvalue weighted by atomic mass is 9.65. The summed E-state index contributed by atoms with van der Waals surface area (Å²) in [5, 5.41) is 0. The van der Waals surface area contributed by atoms with Crippen molar-refractivity contribution in [1.82, 2.24) is 0 Å². The molecule has 1 heterocycles. The van der Waals surface area contributed by atoms with Gasteiger partial charge in [-0.15, -0.1) is 0 Å². The number of benzene rings is 2. The van der Waals surface area contributed by atoms with Crippen LogP contribution in [0.1, 0.15) is 93.2 Å². The third kappa shape index (κ3) is 4.82. The highest BCUT2D eigenvalue weighted by molar-refractivity contribution is 6.62. The highest BCUT2D eigenvalue weighted by Crippen LogP contribution is 2.55. The van der Waals surface area contributed by atoms with Gasteiger partial charge >= 0.3 is 13.1 Å². The van der Waals surface area contributed by atoms with Gasteiger partial charge < -0.3 is 14.0 Å². The molecule has 1 atom stereocenters. The number of carbonyl (C=O) groups excluding carboxylic acids is 1. The Morgan fingerprint density at radius 1 is 0.857 bits per heavy atom. The van der Waals surface area contributed by atoms with E-state index in [4.69, 9.17) is 14.0 Å². The second kappa shape index (κ2) is 8.21. The molecule has 35 heavy (non-hydrogen) atoms. The lowest BCUT2D eigenvalue weighted by Gasteiger charge is -2.38. The Kier molecular flexibility index (Phi) is 6.09. The zero-order valence-electron chi connectivity index (χ0n) is 23.2. The Morgan fingerprint density at radius 3 is 2.00 bits per heavy atom. The number of ether oxygens (including phenoxy) is 1. The lowest BCUT2D eigenvalue weighted by molar-refractivity contribution is -0.156. The number of rotatable bonds is 4. The summed E-state index contributed by atoms with van der Waals surface area (Å²) in [5.74, 6) is -0.176. The van der Waals surface area contributed by atoms with E-state index in [0.29, 0.717) is 6.42 Å². The molecule has 0 spiro atoms. The van der Waals surface area contributed by atoms with Crippen molar-refractivity contribution >= 4 is 18.6 Å². The largest absolute Gasteiger partial charge is 0.494 e. The minimum absolute atomic E-state index is 0.0168. The van der Waals surface area contributed by atoms with Crippen molar-refractivity contribution in [2.45, 2.75) is 104 Å². The SMILES string of the molecule is CC(C)(C)CC1(CC(=O)OC(C)(C)C)c2ccccc2-c2ccc(B3OC(C)(C)C(C)(C)O3)cc21. The topological polar surface area (TPSA) is 44.8 Å². The molecule has 4 rings (SSSR count). The Bertz CT molecular complexity index is 1120. The fourth-order valence-corrected chi connectivity index (χ4v) is 5.57. The minimum atomic E-state index is -0.536. The number of fused-ring (bicyclic) bond motifs is 3. The molecule has 2 aliphatic rings. The molecule has 0 saturated carbocycles. The maximum absolute atomic E-state index is 13.4. The third-order valence-corrected chi connectivity index (χ3v) is 7.52. The van der Waals surface area contributed by atoms with E-state index in [1.165, 1.54) is 16.7 Å². The van der Waals surface area contributed by atoms with Crippen molar-refractivity contribution in [3.8, 4) is 11.1 Å². The molecule has 0 aromatic heterocycles. The van der Waals surface area contributed by atoms with Crippen molar-refractivity contribution in [2.75, 3.05) is 0 Å². The Labute approximate surface area is 211 Å². The number of esters is 1. The molecule has 0 N–H and O–H groups in total. The molecule has 4 nitrogen and oxygen atoms in total. The van der Waals surface area contributed by atoms with Gasteiger partial charge in [-0.2, -0.15) is 0 Å². The first-order chi connectivity index (χ1) is 15.9. The lowest BCUT2D eigenvalue weighted by Crippen LogP contribution is -2.41. The van der Waals surface area contributed by atoms with Crippen molar-refractivity contribution in [2.24, 2.45) is 5.41 Å². The first-order valence-corrected chi connectivity index (χ1v) is 12.8. The zero-order valence-corrected chi connectivity index (χ0v) is 23.2. The van der Waals surface area contributed by atoms with E-state index in [9.17, 15) is 4.79 Å². The van der Waals surface area contributed by atoms with Gasteiger partial charge in [-0.3, -0.25) is 4.79 Å². The summed E-state index contributed by atoms with van der Waals surface area (Å²) in [6, 6.07) is 15.0. The number of carbonyl (C=O) groups is 1. The van der Waals surface area contributed by atoms with Gasteiger partial charge in [0.25, 0.3) is 0 Å². The molecule has 1 aliphatic heterocycles. The summed E-state index contributed by atoms with van der Waals surface area (Å²) in [5.41, 5.74) is 3.82. The van der Waals surface area contributed by atoms with Crippen LogP contribution in [-0.2, 0) is 24.3 Å².